The van der Waals surface area contributed by atoms with E-state index in [1.54, 1.807) is 0 Å². The van der Waals surface area contributed by atoms with Gasteiger partial charge in [0.2, 0.25) is 0 Å². The Balaban J connectivity index is 1.24. The van der Waals surface area contributed by atoms with Crippen LogP contribution in [0.4, 0.5) is 0 Å². The van der Waals surface area contributed by atoms with Gasteiger partial charge in [-0.2, -0.15) is 0 Å². The number of hydrogen-bond acceptors (Lipinski definition) is 3. The quantitative estimate of drug-likeness (QED) is 0.197. The molecule has 7 aromatic carbocycles. The van der Waals surface area contributed by atoms with Crippen molar-refractivity contribution >= 4 is 32.7 Å². The maximum Gasteiger partial charge on any atom is 0.160 e. The largest absolute Gasteiger partial charge is 0.455 e. The molecule has 0 unspecified atom stereocenters. The van der Waals surface area contributed by atoms with E-state index in [2.05, 4.69) is 152 Å². The highest BCUT2D eigenvalue weighted by Crippen LogP contribution is 2.37. The van der Waals surface area contributed by atoms with Gasteiger partial charge >= 0.3 is 0 Å². The molecule has 0 fully saturated rings. The predicted molar refractivity (Wildman–Crippen MR) is 194 cm³/mol. The first-order valence-electron chi connectivity index (χ1n) is 15.8. The topological polar surface area (TPSA) is 38.9 Å². The molecule has 220 valence electrons. The van der Waals surface area contributed by atoms with Gasteiger partial charge in [0.15, 0.2) is 5.82 Å². The molecule has 0 aliphatic rings. The van der Waals surface area contributed by atoms with Crippen molar-refractivity contribution in [3.63, 3.8) is 0 Å². The van der Waals surface area contributed by atoms with Gasteiger partial charge in [0, 0.05) is 32.8 Å². The third kappa shape index (κ3) is 4.95. The van der Waals surface area contributed by atoms with Crippen LogP contribution in [0.2, 0.25) is 0 Å². The Hall–Kier alpha value is -6.32. The first-order chi connectivity index (χ1) is 23.3. The second kappa shape index (κ2) is 11.2. The molecule has 0 amide bonds. The van der Waals surface area contributed by atoms with Crippen molar-refractivity contribution in [1.29, 1.82) is 0 Å². The standard InChI is InChI=1S/C44H28N2O/c1-4-12-29(13-5-1)34-25-35(30-14-6-2-7-15-30)27-36(26-34)41-28-40(31-16-8-3-9-17-31)45-44(46-41)33-21-22-37-32(24-33)20-23-39-38-18-10-11-19-42(38)47-43(37)39/h1-28H. The van der Waals surface area contributed by atoms with Crippen molar-refractivity contribution in [3.05, 3.63) is 170 Å². The highest BCUT2D eigenvalue weighted by Gasteiger charge is 2.15. The lowest BCUT2D eigenvalue weighted by molar-refractivity contribution is 0.672. The van der Waals surface area contributed by atoms with Crippen LogP contribution in [-0.2, 0) is 0 Å². The Morgan fingerprint density at radius 2 is 0.894 bits per heavy atom. The van der Waals surface area contributed by atoms with E-state index >= 15 is 0 Å². The summed E-state index contributed by atoms with van der Waals surface area (Å²) in [5, 5.41) is 4.41. The number of hydrogen-bond donors (Lipinski definition) is 0. The molecule has 9 aromatic rings. The summed E-state index contributed by atoms with van der Waals surface area (Å²) in [4.78, 5) is 10.4. The molecule has 2 aromatic heterocycles. The fourth-order valence-electron chi connectivity index (χ4n) is 6.50. The summed E-state index contributed by atoms with van der Waals surface area (Å²) in [6.45, 7) is 0. The summed E-state index contributed by atoms with van der Waals surface area (Å²) in [6.07, 6.45) is 0. The third-order valence-corrected chi connectivity index (χ3v) is 8.86. The van der Waals surface area contributed by atoms with Gasteiger partial charge in [-0.05, 0) is 76.2 Å². The highest BCUT2D eigenvalue weighted by atomic mass is 16.3. The number of para-hydroxylation sites is 1. The Kier molecular flexibility index (Phi) is 6.46. The number of fused-ring (bicyclic) bond motifs is 5. The normalized spacial score (nSPS) is 11.4. The third-order valence-electron chi connectivity index (χ3n) is 8.86. The molecule has 0 radical (unpaired) electrons. The molecule has 9 rings (SSSR count). The second-order valence-corrected chi connectivity index (χ2v) is 11.8. The van der Waals surface area contributed by atoms with Crippen LogP contribution in [0, 0.1) is 0 Å². The van der Waals surface area contributed by atoms with E-state index in [4.69, 9.17) is 14.4 Å². The van der Waals surface area contributed by atoms with E-state index in [1.807, 2.05) is 18.2 Å². The SMILES string of the molecule is c1ccc(-c2cc(-c3ccccc3)cc(-c3cc(-c4ccccc4)nc(-c4ccc5c(ccc6c7ccccc7oc56)c4)n3)c2)cc1. The molecule has 47 heavy (non-hydrogen) atoms. The molecular formula is C44H28N2O. The van der Waals surface area contributed by atoms with Crippen LogP contribution in [0.1, 0.15) is 0 Å². The molecule has 0 bridgehead atoms. The summed E-state index contributed by atoms with van der Waals surface area (Å²) in [6, 6.07) is 59.2. The summed E-state index contributed by atoms with van der Waals surface area (Å²) in [7, 11) is 0. The number of aromatic nitrogens is 2. The Morgan fingerprint density at radius 1 is 0.340 bits per heavy atom. The van der Waals surface area contributed by atoms with Gasteiger partial charge in [-0.3, -0.25) is 0 Å². The lowest BCUT2D eigenvalue weighted by Gasteiger charge is -2.13. The molecule has 0 spiro atoms. The van der Waals surface area contributed by atoms with Gasteiger partial charge in [0.25, 0.3) is 0 Å². The maximum atomic E-state index is 6.33. The minimum Gasteiger partial charge on any atom is -0.455 e. The Morgan fingerprint density at radius 3 is 1.57 bits per heavy atom. The molecule has 0 N–H and O–H groups in total. The van der Waals surface area contributed by atoms with Crippen LogP contribution in [0.25, 0.3) is 88.9 Å². The van der Waals surface area contributed by atoms with Crippen LogP contribution < -0.4 is 0 Å². The van der Waals surface area contributed by atoms with Crippen molar-refractivity contribution in [3.8, 4) is 56.2 Å². The zero-order valence-corrected chi connectivity index (χ0v) is 25.5. The van der Waals surface area contributed by atoms with E-state index in [0.29, 0.717) is 5.82 Å². The van der Waals surface area contributed by atoms with Gasteiger partial charge in [-0.25, -0.2) is 9.97 Å². The number of benzene rings is 7. The van der Waals surface area contributed by atoms with Crippen molar-refractivity contribution in [2.75, 3.05) is 0 Å². The van der Waals surface area contributed by atoms with Gasteiger partial charge in [0.05, 0.1) is 11.4 Å². The molecule has 2 heterocycles. The number of rotatable bonds is 5. The Bertz CT molecular complexity index is 2500. The van der Waals surface area contributed by atoms with Crippen LogP contribution >= 0.6 is 0 Å². The van der Waals surface area contributed by atoms with Gasteiger partial charge < -0.3 is 4.42 Å². The average Bonchev–Trinajstić information content (AvgIpc) is 3.54. The molecule has 0 aliphatic carbocycles. The molecule has 0 aliphatic heterocycles. The molecule has 0 atom stereocenters. The minimum absolute atomic E-state index is 0.680. The molecular weight excluding hydrogens is 572 g/mol. The van der Waals surface area contributed by atoms with E-state index in [-0.39, 0.29) is 0 Å². The number of nitrogens with zero attached hydrogens (tertiary/aromatic N) is 2. The average molecular weight is 601 g/mol. The summed E-state index contributed by atoms with van der Waals surface area (Å²) in [5.41, 5.74) is 11.2. The lowest BCUT2D eigenvalue weighted by Crippen LogP contribution is -1.96. The van der Waals surface area contributed by atoms with Crippen LogP contribution in [0.5, 0.6) is 0 Å². The van der Waals surface area contributed by atoms with Gasteiger partial charge in [-0.15, -0.1) is 0 Å². The van der Waals surface area contributed by atoms with Crippen molar-refractivity contribution in [1.82, 2.24) is 9.97 Å². The highest BCUT2D eigenvalue weighted by molar-refractivity contribution is 6.15. The van der Waals surface area contributed by atoms with E-state index < -0.39 is 0 Å². The smallest absolute Gasteiger partial charge is 0.160 e. The monoisotopic (exact) mass is 600 g/mol. The summed E-state index contributed by atoms with van der Waals surface area (Å²) in [5.74, 6) is 0.680. The fourth-order valence-corrected chi connectivity index (χ4v) is 6.50. The number of furan rings is 1. The molecule has 3 heteroatoms. The maximum absolute atomic E-state index is 6.33. The zero-order chi connectivity index (χ0) is 31.2. The van der Waals surface area contributed by atoms with Crippen LogP contribution in [-0.4, -0.2) is 9.97 Å². The van der Waals surface area contributed by atoms with E-state index in [1.165, 1.54) is 0 Å². The van der Waals surface area contributed by atoms with Gasteiger partial charge in [-0.1, -0.05) is 121 Å². The van der Waals surface area contributed by atoms with E-state index in [9.17, 15) is 0 Å². The van der Waals surface area contributed by atoms with Crippen molar-refractivity contribution < 1.29 is 4.42 Å². The van der Waals surface area contributed by atoms with Crippen LogP contribution in [0.3, 0.4) is 0 Å². The molecule has 0 saturated heterocycles. The first-order valence-corrected chi connectivity index (χ1v) is 15.8. The summed E-state index contributed by atoms with van der Waals surface area (Å²) >= 11 is 0. The summed E-state index contributed by atoms with van der Waals surface area (Å²) < 4.78 is 6.33. The van der Waals surface area contributed by atoms with Crippen molar-refractivity contribution in [2.45, 2.75) is 0 Å². The molecule has 0 saturated carbocycles. The fraction of sp³-hybridized carbons (Fsp3) is 0. The van der Waals surface area contributed by atoms with Gasteiger partial charge in [0.1, 0.15) is 11.2 Å². The first kappa shape index (κ1) is 27.0. The van der Waals surface area contributed by atoms with Crippen molar-refractivity contribution in [2.24, 2.45) is 0 Å². The van der Waals surface area contributed by atoms with E-state index in [0.717, 1.165) is 83.0 Å². The lowest BCUT2D eigenvalue weighted by atomic mass is 9.94. The Labute approximate surface area is 272 Å². The van der Waals surface area contributed by atoms with Crippen LogP contribution in [0.15, 0.2) is 174 Å². The zero-order valence-electron chi connectivity index (χ0n) is 25.5. The second-order valence-electron chi connectivity index (χ2n) is 11.8. The minimum atomic E-state index is 0.680. The predicted octanol–water partition coefficient (Wildman–Crippen LogP) is 11.9. The molecule has 3 nitrogen and oxygen atoms in total.